The van der Waals surface area contributed by atoms with Crippen molar-refractivity contribution < 1.29 is 13.2 Å². The largest absolute Gasteiger partial charge is 0.492 e. The van der Waals surface area contributed by atoms with Crippen LogP contribution < -0.4 is 15.2 Å². The lowest BCUT2D eigenvalue weighted by atomic mass is 10.1. The van der Waals surface area contributed by atoms with Crippen LogP contribution in [0.1, 0.15) is 18.4 Å². The molecule has 148 valence electrons. The highest BCUT2D eigenvalue weighted by Gasteiger charge is 2.23. The Morgan fingerprint density at radius 3 is 2.36 bits per heavy atom. The number of nitrogens with one attached hydrogen (secondary N) is 1. The average Bonchev–Trinajstić information content (AvgIpc) is 2.71. The molecule has 0 unspecified atom stereocenters. The van der Waals surface area contributed by atoms with E-state index >= 15 is 0 Å². The highest BCUT2D eigenvalue weighted by atomic mass is 32.2. The number of benzene rings is 3. The van der Waals surface area contributed by atoms with Crippen molar-refractivity contribution in [2.24, 2.45) is 5.73 Å². The van der Waals surface area contributed by atoms with Crippen molar-refractivity contribution in [3.8, 4) is 5.75 Å². The molecule has 3 aromatic rings. The molecule has 0 spiro atoms. The summed E-state index contributed by atoms with van der Waals surface area (Å²) >= 11 is 0. The molecule has 0 radical (unpaired) electrons. The van der Waals surface area contributed by atoms with E-state index in [2.05, 4.69) is 4.72 Å². The molecule has 0 saturated heterocycles. The number of sulfonamides is 1. The fraction of sp³-hybridized carbons (Fsp3) is 0.273. The topological polar surface area (TPSA) is 81.4 Å². The Kier molecular flexibility index (Phi) is 6.67. The van der Waals surface area contributed by atoms with Gasteiger partial charge in [-0.2, -0.15) is 0 Å². The van der Waals surface area contributed by atoms with Crippen LogP contribution in [0.3, 0.4) is 0 Å². The second kappa shape index (κ2) is 9.19. The lowest BCUT2D eigenvalue weighted by Crippen LogP contribution is -2.39. The highest BCUT2D eigenvalue weighted by Crippen LogP contribution is 2.26. The second-order valence-electron chi connectivity index (χ2n) is 6.80. The van der Waals surface area contributed by atoms with Crippen LogP contribution in [-0.2, 0) is 10.0 Å². The molecule has 3 rings (SSSR count). The Hall–Kier alpha value is -2.41. The van der Waals surface area contributed by atoms with Crippen molar-refractivity contribution in [1.29, 1.82) is 0 Å². The van der Waals surface area contributed by atoms with E-state index in [-0.39, 0.29) is 17.5 Å². The van der Waals surface area contributed by atoms with Crippen molar-refractivity contribution in [2.45, 2.75) is 30.7 Å². The lowest BCUT2D eigenvalue weighted by molar-refractivity contribution is 0.270. The van der Waals surface area contributed by atoms with Gasteiger partial charge in [-0.15, -0.1) is 0 Å². The van der Waals surface area contributed by atoms with Gasteiger partial charge in [-0.25, -0.2) is 13.1 Å². The maximum atomic E-state index is 13.1. The molecule has 3 aromatic carbocycles. The van der Waals surface area contributed by atoms with Crippen molar-refractivity contribution in [1.82, 2.24) is 4.72 Å². The minimum absolute atomic E-state index is 0.243. The molecule has 0 aromatic heterocycles. The third-order valence-electron chi connectivity index (χ3n) is 4.66. The first-order valence-corrected chi connectivity index (χ1v) is 10.9. The molecule has 0 fully saturated rings. The van der Waals surface area contributed by atoms with Crippen molar-refractivity contribution >= 4 is 20.8 Å². The molecule has 0 saturated carbocycles. The normalized spacial score (nSPS) is 12.8. The lowest BCUT2D eigenvalue weighted by Gasteiger charge is -2.20. The quantitative estimate of drug-likeness (QED) is 0.577. The molecule has 1 atom stereocenters. The fourth-order valence-corrected chi connectivity index (χ4v) is 4.66. The first-order chi connectivity index (χ1) is 13.5. The molecular weight excluding hydrogens is 372 g/mol. The first-order valence-electron chi connectivity index (χ1n) is 9.40. The van der Waals surface area contributed by atoms with Crippen LogP contribution in [0.4, 0.5) is 0 Å². The number of rotatable bonds is 9. The van der Waals surface area contributed by atoms with E-state index in [4.69, 9.17) is 10.5 Å². The van der Waals surface area contributed by atoms with E-state index in [1.165, 1.54) is 0 Å². The molecule has 28 heavy (non-hydrogen) atoms. The highest BCUT2D eigenvalue weighted by molar-refractivity contribution is 7.89. The van der Waals surface area contributed by atoms with Gasteiger partial charge >= 0.3 is 0 Å². The molecule has 0 aliphatic heterocycles. The maximum absolute atomic E-state index is 13.1. The Morgan fingerprint density at radius 1 is 0.964 bits per heavy atom. The molecular formula is C22H26N2O3S. The van der Waals surface area contributed by atoms with Crippen LogP contribution in [0.25, 0.3) is 10.8 Å². The minimum Gasteiger partial charge on any atom is -0.492 e. The van der Waals surface area contributed by atoms with Crippen LogP contribution in [0.15, 0.2) is 71.6 Å². The number of hydrogen-bond donors (Lipinski definition) is 2. The Morgan fingerprint density at radius 2 is 1.64 bits per heavy atom. The number of nitrogens with two attached hydrogens (primary N) is 1. The minimum atomic E-state index is -3.71. The second-order valence-corrected chi connectivity index (χ2v) is 8.48. The zero-order valence-electron chi connectivity index (χ0n) is 16.0. The molecule has 6 heteroatoms. The predicted molar refractivity (Wildman–Crippen MR) is 113 cm³/mol. The van der Waals surface area contributed by atoms with Crippen molar-refractivity contribution in [3.63, 3.8) is 0 Å². The molecule has 0 amide bonds. The number of ether oxygens (including phenoxy) is 1. The Labute approximate surface area is 166 Å². The molecule has 5 nitrogen and oxygen atoms in total. The zero-order valence-corrected chi connectivity index (χ0v) is 16.8. The summed E-state index contributed by atoms with van der Waals surface area (Å²) in [5.41, 5.74) is 6.68. The predicted octanol–water partition coefficient (Wildman–Crippen LogP) is 3.61. The van der Waals surface area contributed by atoms with Gasteiger partial charge in [0.25, 0.3) is 0 Å². The van der Waals surface area contributed by atoms with Gasteiger partial charge < -0.3 is 10.5 Å². The van der Waals surface area contributed by atoms with Crippen LogP contribution >= 0.6 is 0 Å². The molecule has 0 aliphatic rings. The van der Waals surface area contributed by atoms with E-state index in [0.717, 1.165) is 16.3 Å². The maximum Gasteiger partial charge on any atom is 0.241 e. The molecule has 3 N–H and O–H groups in total. The van der Waals surface area contributed by atoms with E-state index in [9.17, 15) is 8.42 Å². The number of hydrogen-bond acceptors (Lipinski definition) is 4. The van der Waals surface area contributed by atoms with Gasteiger partial charge in [0.05, 0.1) is 10.9 Å². The van der Waals surface area contributed by atoms with Crippen LogP contribution in [-0.4, -0.2) is 27.6 Å². The number of fused-ring (bicyclic) bond motifs is 1. The summed E-state index contributed by atoms with van der Waals surface area (Å²) < 4.78 is 34.9. The van der Waals surface area contributed by atoms with Gasteiger partial charge in [0.1, 0.15) is 12.4 Å². The third-order valence-corrected chi connectivity index (χ3v) is 6.24. The Balaban J connectivity index is 1.84. The SMILES string of the molecule is Cc1ccc(S(=O)(=O)N[C@@H](CCCN)COc2ccccc2)c2ccccc12. The summed E-state index contributed by atoms with van der Waals surface area (Å²) in [5, 5.41) is 1.65. The van der Waals surface area contributed by atoms with Gasteiger partial charge in [0, 0.05) is 5.39 Å². The smallest absolute Gasteiger partial charge is 0.241 e. The van der Waals surface area contributed by atoms with E-state index in [1.807, 2.05) is 67.6 Å². The fourth-order valence-electron chi connectivity index (χ4n) is 3.19. The molecule has 0 aliphatic carbocycles. The molecule has 0 bridgehead atoms. The van der Waals surface area contributed by atoms with Crippen molar-refractivity contribution in [2.75, 3.05) is 13.2 Å². The first kappa shape index (κ1) is 20.3. The van der Waals surface area contributed by atoms with E-state index < -0.39 is 10.0 Å². The van der Waals surface area contributed by atoms with E-state index in [0.29, 0.717) is 25.1 Å². The van der Waals surface area contributed by atoms with Gasteiger partial charge in [0.15, 0.2) is 0 Å². The standard InChI is InChI=1S/C22H26N2O3S/c1-17-13-14-22(21-12-6-5-11-20(17)21)28(25,26)24-18(8-7-15-23)16-27-19-9-3-2-4-10-19/h2-6,9-14,18,24H,7-8,15-16,23H2,1H3/t18-/m0/s1. The summed E-state index contributed by atoms with van der Waals surface area (Å²) in [6.45, 7) is 2.72. The molecule has 0 heterocycles. The summed E-state index contributed by atoms with van der Waals surface area (Å²) in [7, 11) is -3.71. The monoisotopic (exact) mass is 398 g/mol. The summed E-state index contributed by atoms with van der Waals surface area (Å²) in [5.74, 6) is 0.709. The third kappa shape index (κ3) is 4.90. The Bertz CT molecular complexity index is 1020. The summed E-state index contributed by atoms with van der Waals surface area (Å²) in [6, 6.07) is 20.1. The van der Waals surface area contributed by atoms with Crippen LogP contribution in [0.5, 0.6) is 5.75 Å². The van der Waals surface area contributed by atoms with Gasteiger partial charge in [-0.1, -0.05) is 48.5 Å². The summed E-state index contributed by atoms with van der Waals surface area (Å²) in [6.07, 6.45) is 1.31. The average molecular weight is 399 g/mol. The van der Waals surface area contributed by atoms with Gasteiger partial charge in [-0.05, 0) is 55.5 Å². The summed E-state index contributed by atoms with van der Waals surface area (Å²) in [4.78, 5) is 0.283. The number of para-hydroxylation sites is 1. The van der Waals surface area contributed by atoms with Gasteiger partial charge in [-0.3, -0.25) is 0 Å². The zero-order chi connectivity index (χ0) is 20.0. The number of aryl methyl sites for hydroxylation is 1. The van der Waals surface area contributed by atoms with Crippen molar-refractivity contribution in [3.05, 3.63) is 72.3 Å². The van der Waals surface area contributed by atoms with Gasteiger partial charge in [0.2, 0.25) is 10.0 Å². The van der Waals surface area contributed by atoms with Crippen LogP contribution in [0, 0.1) is 6.92 Å². The van der Waals surface area contributed by atoms with Crippen LogP contribution in [0.2, 0.25) is 0 Å². The van der Waals surface area contributed by atoms with E-state index in [1.54, 1.807) is 6.07 Å².